The molecular formula is C23H27ClN2O6S. The topological polar surface area (TPSA) is 102 Å². The van der Waals surface area contributed by atoms with Crippen molar-refractivity contribution in [1.82, 2.24) is 4.31 Å². The van der Waals surface area contributed by atoms with E-state index in [0.717, 1.165) is 6.42 Å². The molecule has 2 unspecified atom stereocenters. The Labute approximate surface area is 198 Å². The fourth-order valence-corrected chi connectivity index (χ4v) is 5.81. The van der Waals surface area contributed by atoms with Gasteiger partial charge in [-0.1, -0.05) is 31.5 Å². The molecule has 1 aliphatic heterocycles. The first-order chi connectivity index (χ1) is 15.6. The molecule has 0 aliphatic carbocycles. The van der Waals surface area contributed by atoms with Gasteiger partial charge in [0.15, 0.2) is 6.61 Å². The van der Waals surface area contributed by atoms with Gasteiger partial charge in [-0.15, -0.1) is 0 Å². The van der Waals surface area contributed by atoms with E-state index in [0.29, 0.717) is 29.5 Å². The number of ether oxygens (including phenoxy) is 2. The van der Waals surface area contributed by atoms with Crippen LogP contribution in [0, 0.1) is 11.8 Å². The third-order valence-corrected chi connectivity index (χ3v) is 7.38. The van der Waals surface area contributed by atoms with E-state index in [-0.39, 0.29) is 22.3 Å². The number of carbonyl (C=O) groups is 2. The third-order valence-electron chi connectivity index (χ3n) is 5.31. The molecule has 8 nitrogen and oxygen atoms in total. The van der Waals surface area contributed by atoms with Crippen LogP contribution in [0.4, 0.5) is 5.69 Å². The Balaban J connectivity index is 1.66. The van der Waals surface area contributed by atoms with Crippen LogP contribution in [0.25, 0.3) is 0 Å². The van der Waals surface area contributed by atoms with Gasteiger partial charge in [0.05, 0.1) is 23.3 Å². The summed E-state index contributed by atoms with van der Waals surface area (Å²) in [7, 11) is -2.30. The maximum atomic E-state index is 13.1. The van der Waals surface area contributed by atoms with E-state index in [2.05, 4.69) is 5.32 Å². The molecule has 2 aromatic carbocycles. The second-order valence-electron chi connectivity index (χ2n) is 8.26. The Bertz CT molecular complexity index is 1130. The molecule has 0 radical (unpaired) electrons. The largest absolute Gasteiger partial charge is 0.495 e. The Kier molecular flexibility index (Phi) is 7.99. The minimum atomic E-state index is -3.75. The van der Waals surface area contributed by atoms with E-state index in [1.165, 1.54) is 41.7 Å². The zero-order valence-corrected chi connectivity index (χ0v) is 20.3. The summed E-state index contributed by atoms with van der Waals surface area (Å²) in [4.78, 5) is 24.7. The van der Waals surface area contributed by atoms with Gasteiger partial charge in [-0.3, -0.25) is 4.79 Å². The summed E-state index contributed by atoms with van der Waals surface area (Å²) in [5.74, 6) is -0.482. The van der Waals surface area contributed by atoms with E-state index in [1.54, 1.807) is 12.1 Å². The summed E-state index contributed by atoms with van der Waals surface area (Å²) in [6.45, 7) is 4.36. The van der Waals surface area contributed by atoms with Gasteiger partial charge < -0.3 is 14.8 Å². The van der Waals surface area contributed by atoms with Gasteiger partial charge in [0.2, 0.25) is 10.0 Å². The number of nitrogens with zero attached hydrogens (tertiary/aromatic N) is 1. The van der Waals surface area contributed by atoms with Crippen LogP contribution in [0.5, 0.6) is 5.75 Å². The number of carbonyl (C=O) groups excluding carboxylic acids is 2. The van der Waals surface area contributed by atoms with Crippen molar-refractivity contribution in [3.63, 3.8) is 0 Å². The van der Waals surface area contributed by atoms with E-state index in [9.17, 15) is 18.0 Å². The van der Waals surface area contributed by atoms with Gasteiger partial charge in [0, 0.05) is 18.1 Å². The number of methoxy groups -OCH3 is 1. The monoisotopic (exact) mass is 494 g/mol. The molecule has 1 aliphatic rings. The number of halogens is 1. The molecule has 1 heterocycles. The SMILES string of the molecule is COc1ccc(Cl)cc1NC(=O)COC(=O)c1cccc(S(=O)(=O)N2CC(C)CC(C)C2)c1. The molecule has 3 rings (SSSR count). The van der Waals surface area contributed by atoms with Crippen molar-refractivity contribution in [1.29, 1.82) is 0 Å². The van der Waals surface area contributed by atoms with Crippen LogP contribution < -0.4 is 10.1 Å². The van der Waals surface area contributed by atoms with E-state index >= 15 is 0 Å². The lowest BCUT2D eigenvalue weighted by Crippen LogP contribution is -2.42. The number of nitrogens with one attached hydrogen (secondary N) is 1. The predicted molar refractivity (Wildman–Crippen MR) is 125 cm³/mol. The first-order valence-electron chi connectivity index (χ1n) is 10.5. The molecular weight excluding hydrogens is 468 g/mol. The molecule has 1 N–H and O–H groups in total. The van der Waals surface area contributed by atoms with Crippen LogP contribution in [0.1, 0.15) is 30.6 Å². The van der Waals surface area contributed by atoms with Crippen molar-refractivity contribution in [2.45, 2.75) is 25.2 Å². The number of piperidine rings is 1. The van der Waals surface area contributed by atoms with Gasteiger partial charge in [-0.05, 0) is 54.7 Å². The van der Waals surface area contributed by atoms with Gasteiger partial charge in [0.25, 0.3) is 5.91 Å². The van der Waals surface area contributed by atoms with Crippen molar-refractivity contribution in [2.24, 2.45) is 11.8 Å². The molecule has 0 saturated carbocycles. The normalized spacial score (nSPS) is 19.0. The number of esters is 1. The number of sulfonamides is 1. The van der Waals surface area contributed by atoms with E-state index in [4.69, 9.17) is 21.1 Å². The molecule has 10 heteroatoms. The van der Waals surface area contributed by atoms with Crippen molar-refractivity contribution in [2.75, 3.05) is 32.1 Å². The highest BCUT2D eigenvalue weighted by molar-refractivity contribution is 7.89. The molecule has 1 saturated heterocycles. The standard InChI is InChI=1S/C23H27ClN2O6S/c1-15-9-16(2)13-26(12-15)33(29,30)19-6-4-5-17(10-19)23(28)32-14-22(27)25-20-11-18(24)7-8-21(20)31-3/h4-8,10-11,15-16H,9,12-14H2,1-3H3,(H,25,27). The van der Waals surface area contributed by atoms with Crippen molar-refractivity contribution in [3.8, 4) is 5.75 Å². The lowest BCUT2D eigenvalue weighted by molar-refractivity contribution is -0.119. The van der Waals surface area contributed by atoms with Crippen LogP contribution in [-0.2, 0) is 19.6 Å². The molecule has 1 fully saturated rings. The maximum Gasteiger partial charge on any atom is 0.338 e. The molecule has 1 amide bonds. The number of rotatable bonds is 7. The number of benzene rings is 2. The van der Waals surface area contributed by atoms with Crippen LogP contribution >= 0.6 is 11.6 Å². The van der Waals surface area contributed by atoms with Crippen molar-refractivity contribution < 1.29 is 27.5 Å². The van der Waals surface area contributed by atoms with E-state index in [1.807, 2.05) is 13.8 Å². The highest BCUT2D eigenvalue weighted by atomic mass is 35.5. The summed E-state index contributed by atoms with van der Waals surface area (Å²) < 4.78 is 37.9. The number of hydrogen-bond donors (Lipinski definition) is 1. The van der Waals surface area contributed by atoms with Crippen LogP contribution in [0.3, 0.4) is 0 Å². The molecule has 0 bridgehead atoms. The second-order valence-corrected chi connectivity index (χ2v) is 10.6. The molecule has 0 aromatic heterocycles. The van der Waals surface area contributed by atoms with Crippen LogP contribution in [-0.4, -0.2) is 51.4 Å². The number of hydrogen-bond acceptors (Lipinski definition) is 6. The van der Waals surface area contributed by atoms with E-state index < -0.39 is 28.5 Å². The zero-order chi connectivity index (χ0) is 24.2. The average molecular weight is 495 g/mol. The van der Waals surface area contributed by atoms with Gasteiger partial charge in [-0.25, -0.2) is 13.2 Å². The molecule has 178 valence electrons. The highest BCUT2D eigenvalue weighted by Gasteiger charge is 2.32. The molecule has 2 atom stereocenters. The Morgan fingerprint density at radius 1 is 1.12 bits per heavy atom. The summed E-state index contributed by atoms with van der Waals surface area (Å²) in [6.07, 6.45) is 0.974. The van der Waals surface area contributed by atoms with Gasteiger partial charge in [0.1, 0.15) is 5.75 Å². The lowest BCUT2D eigenvalue weighted by Gasteiger charge is -2.34. The summed E-state index contributed by atoms with van der Waals surface area (Å²) in [5, 5.41) is 2.97. The molecule has 2 aromatic rings. The second kappa shape index (κ2) is 10.5. The molecule has 33 heavy (non-hydrogen) atoms. The summed E-state index contributed by atoms with van der Waals surface area (Å²) in [5.41, 5.74) is 0.381. The Morgan fingerprint density at radius 3 is 2.48 bits per heavy atom. The van der Waals surface area contributed by atoms with Gasteiger partial charge >= 0.3 is 5.97 Å². The molecule has 0 spiro atoms. The maximum absolute atomic E-state index is 13.1. The summed E-state index contributed by atoms with van der Waals surface area (Å²) >= 11 is 5.94. The number of anilines is 1. The fourth-order valence-electron chi connectivity index (χ4n) is 3.91. The predicted octanol–water partition coefficient (Wildman–Crippen LogP) is 3.81. The quantitative estimate of drug-likeness (QED) is 0.587. The Morgan fingerprint density at radius 2 is 1.82 bits per heavy atom. The van der Waals surface area contributed by atoms with Crippen LogP contribution in [0.15, 0.2) is 47.4 Å². The highest BCUT2D eigenvalue weighted by Crippen LogP contribution is 2.28. The van der Waals surface area contributed by atoms with Crippen molar-refractivity contribution in [3.05, 3.63) is 53.1 Å². The first kappa shape index (κ1) is 25.0. The smallest absolute Gasteiger partial charge is 0.338 e. The average Bonchev–Trinajstić information content (AvgIpc) is 2.77. The minimum absolute atomic E-state index is 0.0198. The van der Waals surface area contributed by atoms with Gasteiger partial charge in [-0.2, -0.15) is 4.31 Å². The third kappa shape index (κ3) is 6.25. The number of amides is 1. The zero-order valence-electron chi connectivity index (χ0n) is 18.7. The van der Waals surface area contributed by atoms with Crippen molar-refractivity contribution >= 4 is 39.2 Å². The van der Waals surface area contributed by atoms with Crippen LogP contribution in [0.2, 0.25) is 5.02 Å². The summed E-state index contributed by atoms with van der Waals surface area (Å²) in [6, 6.07) is 10.4. The lowest BCUT2D eigenvalue weighted by atomic mass is 9.94. The first-order valence-corrected chi connectivity index (χ1v) is 12.3. The Hall–Kier alpha value is -2.62. The fraction of sp³-hybridized carbons (Fsp3) is 0.391. The minimum Gasteiger partial charge on any atom is -0.495 e.